The highest BCUT2D eigenvalue weighted by Gasteiger charge is 2.53. The molecule has 5 rings (SSSR count). The summed E-state index contributed by atoms with van der Waals surface area (Å²) < 4.78 is 37.7. The maximum Gasteiger partial charge on any atom is 0.311 e. The summed E-state index contributed by atoms with van der Waals surface area (Å²) in [6, 6.07) is 13.6. The third-order valence-corrected chi connectivity index (χ3v) is 15.7. The summed E-state index contributed by atoms with van der Waals surface area (Å²) in [5, 5.41) is 62.1. The van der Waals surface area contributed by atoms with Crippen LogP contribution in [-0.2, 0) is 49.2 Å². The summed E-state index contributed by atoms with van der Waals surface area (Å²) in [6.45, 7) is 14.4. The van der Waals surface area contributed by atoms with Gasteiger partial charge in [0.05, 0.1) is 47.6 Å². The summed E-state index contributed by atoms with van der Waals surface area (Å²) in [4.78, 5) is 46.1. The first-order valence-electron chi connectivity index (χ1n) is 23.8. The molecular formula is C50H78N2O14S. The number of esters is 1. The lowest BCUT2D eigenvalue weighted by Crippen LogP contribution is -2.61. The molecule has 4 heterocycles. The second-order valence-electron chi connectivity index (χ2n) is 20.3. The highest BCUT2D eigenvalue weighted by molar-refractivity contribution is 7.15. The number of cyclic esters (lactones) is 1. The molecule has 0 saturated carbocycles. The number of Topliss-reactive ketones (excluding diaryl/α,β-unsaturated/α-hetero) is 1. The second-order valence-corrected chi connectivity index (χ2v) is 21.5. The van der Waals surface area contributed by atoms with Crippen molar-refractivity contribution >= 4 is 29.0 Å². The molecular weight excluding hydrogens is 885 g/mol. The first-order valence-corrected chi connectivity index (χ1v) is 24.6. The second kappa shape index (κ2) is 22.9. The minimum absolute atomic E-state index is 0.0383. The van der Waals surface area contributed by atoms with Crippen LogP contribution in [0.4, 0.5) is 0 Å². The van der Waals surface area contributed by atoms with Gasteiger partial charge in [-0.1, -0.05) is 51.1 Å². The lowest BCUT2D eigenvalue weighted by molar-refractivity contribution is -0.318. The van der Waals surface area contributed by atoms with Gasteiger partial charge in [0, 0.05) is 66.5 Å². The van der Waals surface area contributed by atoms with Crippen LogP contribution in [0, 0.1) is 23.7 Å². The van der Waals surface area contributed by atoms with Gasteiger partial charge in [0.25, 0.3) is 0 Å². The van der Waals surface area contributed by atoms with E-state index in [9.17, 15) is 39.9 Å². The number of likely N-dealkylation sites (N-methyl/N-ethyl adjacent to an activating group) is 1. The van der Waals surface area contributed by atoms with Gasteiger partial charge >= 0.3 is 5.97 Å². The molecule has 1 aromatic heterocycles. The Morgan fingerprint density at radius 1 is 0.896 bits per heavy atom. The molecule has 6 N–H and O–H groups in total. The average molecular weight is 963 g/mol. The van der Waals surface area contributed by atoms with Crippen LogP contribution in [0.15, 0.2) is 42.5 Å². The largest absolute Gasteiger partial charge is 0.459 e. The quantitative estimate of drug-likeness (QED) is 0.155. The number of aryl methyl sites for hydroxylation is 1. The Bertz CT molecular complexity index is 1930. The van der Waals surface area contributed by atoms with Gasteiger partial charge in [0.15, 0.2) is 12.6 Å². The third kappa shape index (κ3) is 13.1. The molecule has 3 aliphatic rings. The highest BCUT2D eigenvalue weighted by atomic mass is 32.1. The highest BCUT2D eigenvalue weighted by Crippen LogP contribution is 2.41. The van der Waals surface area contributed by atoms with Gasteiger partial charge < -0.3 is 64.2 Å². The number of ketones is 1. The monoisotopic (exact) mass is 963 g/mol. The fraction of sp³-hybridized carbons (Fsp3) is 0.740. The Labute approximate surface area is 400 Å². The molecule has 0 aliphatic carbocycles. The number of thiophene rings is 1. The minimum Gasteiger partial charge on any atom is -0.459 e. The van der Waals surface area contributed by atoms with E-state index in [1.54, 1.807) is 46.0 Å². The minimum atomic E-state index is -2.20. The molecule has 18 atom stereocenters. The lowest BCUT2D eigenvalue weighted by atomic mass is 9.74. The first kappa shape index (κ1) is 55.0. The molecule has 3 aliphatic heterocycles. The molecule has 16 nitrogen and oxygen atoms in total. The topological polar surface area (TPSA) is 223 Å². The fourth-order valence-corrected chi connectivity index (χ4v) is 11.2. The van der Waals surface area contributed by atoms with Crippen LogP contribution in [0.5, 0.6) is 0 Å². The molecule has 0 bridgehead atoms. The number of ether oxygens (including phenoxy) is 6. The zero-order chi connectivity index (χ0) is 49.8. The van der Waals surface area contributed by atoms with Crippen molar-refractivity contribution in [1.82, 2.24) is 10.2 Å². The SMILES string of the molecule is COC1(C)CC(O[C@H]2[C@H](C)[C@@H](OC3OC(C)CC(N(C)C)C3O)[C@](C)(O)C[C@@H](C)C(=O)[C@H](C)[C@@H](O)[C@](C)(O)[C@@H](CCNC(=O)CCc3ccc(-c4ccccc4)s3)OC(=O)[C@@H]2C)OC(C)C1O. The Morgan fingerprint density at radius 2 is 1.57 bits per heavy atom. The Kier molecular flexibility index (Phi) is 18.8. The van der Waals surface area contributed by atoms with Gasteiger partial charge in [0.2, 0.25) is 5.91 Å². The number of rotatable bonds is 13. The number of aliphatic hydroxyl groups excluding tert-OH is 3. The van der Waals surface area contributed by atoms with Crippen molar-refractivity contribution in [2.75, 3.05) is 27.7 Å². The van der Waals surface area contributed by atoms with Crippen LogP contribution in [0.2, 0.25) is 0 Å². The Morgan fingerprint density at radius 3 is 2.21 bits per heavy atom. The smallest absolute Gasteiger partial charge is 0.311 e. The molecule has 3 fully saturated rings. The zero-order valence-corrected chi connectivity index (χ0v) is 42.2. The van der Waals surface area contributed by atoms with Gasteiger partial charge in [-0.25, -0.2) is 0 Å². The predicted molar refractivity (Wildman–Crippen MR) is 252 cm³/mol. The van der Waals surface area contributed by atoms with Gasteiger partial charge in [-0.15, -0.1) is 11.3 Å². The number of amides is 1. The van der Waals surface area contributed by atoms with E-state index in [0.717, 1.165) is 15.3 Å². The van der Waals surface area contributed by atoms with E-state index >= 15 is 0 Å². The number of hydrogen-bond acceptors (Lipinski definition) is 16. The number of nitrogens with zero attached hydrogens (tertiary/aromatic N) is 1. The van der Waals surface area contributed by atoms with Gasteiger partial charge in [-0.05, 0) is 92.6 Å². The molecule has 67 heavy (non-hydrogen) atoms. The van der Waals surface area contributed by atoms with Crippen molar-refractivity contribution in [1.29, 1.82) is 0 Å². The summed E-state index contributed by atoms with van der Waals surface area (Å²) >= 11 is 1.61. The summed E-state index contributed by atoms with van der Waals surface area (Å²) in [5.41, 5.74) is -4.08. The summed E-state index contributed by atoms with van der Waals surface area (Å²) in [6.07, 6.45) is -10.3. The van der Waals surface area contributed by atoms with E-state index < -0.39 is 108 Å². The van der Waals surface area contributed by atoms with E-state index in [2.05, 4.69) is 5.32 Å². The number of hydrogen-bond donors (Lipinski definition) is 6. The Balaban J connectivity index is 1.46. The predicted octanol–water partition coefficient (Wildman–Crippen LogP) is 4.24. The standard InChI is InChI=1S/C50H78N2O14S/c1-27-25-48(7,59)45(66-47-41(55)35(52(10)11)24-28(2)62-47)30(4)42(65-39-26-49(8,61-12)44(57)32(6)63-39)31(5)46(58)64-37(50(9,60)43(56)29(3)40(27)54)22-23-51-38(53)21-19-34-18-20-36(67-34)33-16-14-13-15-17-33/h13-18,20,27-32,35,37,39,41-45,47,55-57,59-60H,19,21-26H2,1-12H3,(H,51,53)/t27-,28?,29+,30+,31-,32?,35?,37-,39?,41?,42+,43-,44?,45-,47?,48-,49?,50-/m1/s1. The van der Waals surface area contributed by atoms with E-state index in [1.165, 1.54) is 27.9 Å². The fourth-order valence-electron chi connectivity index (χ4n) is 10.2. The van der Waals surface area contributed by atoms with E-state index in [1.807, 2.05) is 68.4 Å². The first-order chi connectivity index (χ1) is 31.3. The molecule has 2 aromatic rings. The number of benzene rings is 1. The molecule has 3 saturated heterocycles. The summed E-state index contributed by atoms with van der Waals surface area (Å²) in [5.74, 6) is -5.81. The molecule has 378 valence electrons. The van der Waals surface area contributed by atoms with Gasteiger partial charge in [0.1, 0.15) is 29.7 Å². The van der Waals surface area contributed by atoms with Crippen molar-refractivity contribution in [2.45, 2.75) is 185 Å². The van der Waals surface area contributed by atoms with Crippen LogP contribution in [0.3, 0.4) is 0 Å². The average Bonchev–Trinajstić information content (AvgIpc) is 3.76. The van der Waals surface area contributed by atoms with Crippen LogP contribution < -0.4 is 5.32 Å². The number of methoxy groups -OCH3 is 1. The molecule has 17 heteroatoms. The zero-order valence-electron chi connectivity index (χ0n) is 41.4. The van der Waals surface area contributed by atoms with E-state index in [0.29, 0.717) is 12.8 Å². The van der Waals surface area contributed by atoms with E-state index in [4.69, 9.17) is 28.4 Å². The number of carbonyl (C=O) groups excluding carboxylic acids is 3. The number of nitrogens with one attached hydrogen (secondary N) is 1. The molecule has 1 amide bonds. The molecule has 0 radical (unpaired) electrons. The van der Waals surface area contributed by atoms with Crippen molar-refractivity contribution in [3.8, 4) is 10.4 Å². The van der Waals surface area contributed by atoms with Crippen molar-refractivity contribution < 1.29 is 68.3 Å². The maximum absolute atomic E-state index is 14.7. The number of carbonyl (C=O) groups is 3. The normalized spacial score (nSPS) is 40.5. The number of aliphatic hydroxyl groups is 5. The summed E-state index contributed by atoms with van der Waals surface area (Å²) in [7, 11) is 5.15. The van der Waals surface area contributed by atoms with Gasteiger partial charge in [-0.2, -0.15) is 0 Å². The van der Waals surface area contributed by atoms with Crippen molar-refractivity contribution in [3.63, 3.8) is 0 Å². The van der Waals surface area contributed by atoms with Crippen LogP contribution in [-0.4, -0.2) is 160 Å². The molecule has 0 spiro atoms. The van der Waals surface area contributed by atoms with Crippen LogP contribution in [0.25, 0.3) is 10.4 Å². The van der Waals surface area contributed by atoms with E-state index in [-0.39, 0.29) is 50.3 Å². The molecule has 1 aromatic carbocycles. The third-order valence-electron chi connectivity index (χ3n) is 14.5. The molecule has 8 unspecified atom stereocenters. The van der Waals surface area contributed by atoms with Gasteiger partial charge in [-0.3, -0.25) is 14.4 Å². The maximum atomic E-state index is 14.7. The lowest BCUT2D eigenvalue weighted by Gasteiger charge is -2.49. The van der Waals surface area contributed by atoms with Crippen molar-refractivity contribution in [2.24, 2.45) is 23.7 Å². The Hall–Kier alpha value is -2.91. The van der Waals surface area contributed by atoms with Crippen LogP contribution >= 0.6 is 11.3 Å². The van der Waals surface area contributed by atoms with Crippen LogP contribution in [0.1, 0.15) is 99.3 Å². The van der Waals surface area contributed by atoms with Crippen molar-refractivity contribution in [3.05, 3.63) is 47.3 Å².